The summed E-state index contributed by atoms with van der Waals surface area (Å²) in [5, 5.41) is 7.04. The molecule has 0 N–H and O–H groups in total. The molecule has 0 spiro atoms. The maximum atomic E-state index is 6.97. The molecule has 2 aromatic heterocycles. The fraction of sp³-hybridized carbons (Fsp3) is 0. The standard InChI is InChI=1S/C45H20B8N4/c46-33-31-32-34(47)36(49)38(51)40(53)42(32)57(41(31)39(52)37(50)35(33)48)30-20-28-26-18-10-8-16-24(26)23-15-7-9-17-25(23)27(28)19-29(30)45-55-43(21-11-3-1-4-12-21)54-44(56-45)22-13-5-2-6-14-22/h1-20H. The van der Waals surface area contributed by atoms with Gasteiger partial charge in [0.25, 0.3) is 0 Å². The predicted octanol–water partition coefficient (Wildman–Crippen LogP) is 1.78. The second-order valence-electron chi connectivity index (χ2n) is 14.1. The normalized spacial score (nSPS) is 11.7. The highest BCUT2D eigenvalue weighted by Crippen LogP contribution is 2.41. The van der Waals surface area contributed by atoms with Gasteiger partial charge in [-0.3, -0.25) is 0 Å². The molecule has 0 unspecified atom stereocenters. The first-order chi connectivity index (χ1) is 27.6. The number of hydrogen-bond acceptors (Lipinski definition) is 3. The van der Waals surface area contributed by atoms with Crippen molar-refractivity contribution in [3.8, 4) is 39.9 Å². The molecule has 0 amide bonds. The topological polar surface area (TPSA) is 43.6 Å². The molecule has 0 aliphatic carbocycles. The van der Waals surface area contributed by atoms with E-state index in [2.05, 4.69) is 36.4 Å². The molecule has 2 heterocycles. The van der Waals surface area contributed by atoms with Crippen LogP contribution < -0.4 is 43.7 Å². The summed E-state index contributed by atoms with van der Waals surface area (Å²) in [5.74, 6) is 1.35. The summed E-state index contributed by atoms with van der Waals surface area (Å²) in [6, 6.07) is 40.4. The van der Waals surface area contributed by atoms with Crippen molar-refractivity contribution in [2.24, 2.45) is 0 Å². The minimum Gasteiger partial charge on any atom is -0.310 e. The monoisotopic (exact) mass is 704 g/mol. The molecule has 0 aliphatic heterocycles. The minimum atomic E-state index is 0.110. The maximum absolute atomic E-state index is 6.97. The van der Waals surface area contributed by atoms with E-state index in [9.17, 15) is 0 Å². The lowest BCUT2D eigenvalue weighted by Gasteiger charge is -2.21. The Hall–Kier alpha value is -6.13. The number of benzene rings is 8. The smallest absolute Gasteiger partial charge is 0.166 e. The Morgan fingerprint density at radius 2 is 0.684 bits per heavy atom. The van der Waals surface area contributed by atoms with E-state index < -0.39 is 0 Å². The van der Waals surface area contributed by atoms with E-state index in [0.717, 1.165) is 43.4 Å². The first kappa shape index (κ1) is 35.3. The van der Waals surface area contributed by atoms with E-state index in [0.29, 0.717) is 50.5 Å². The van der Waals surface area contributed by atoms with Crippen LogP contribution in [0.2, 0.25) is 0 Å². The molecule has 57 heavy (non-hydrogen) atoms. The fourth-order valence-electron chi connectivity index (χ4n) is 8.19. The van der Waals surface area contributed by atoms with Crippen LogP contribution >= 0.6 is 0 Å². The summed E-state index contributed by atoms with van der Waals surface area (Å²) in [5.41, 5.74) is 4.82. The Morgan fingerprint density at radius 1 is 0.333 bits per heavy atom. The molecule has 244 valence electrons. The Bertz CT molecular complexity index is 3200. The number of rotatable bonds is 4. The molecule has 0 fully saturated rings. The number of hydrogen-bond donors (Lipinski definition) is 0. The first-order valence-corrected chi connectivity index (χ1v) is 18.2. The molecule has 0 saturated carbocycles. The average molecular weight is 703 g/mol. The quantitative estimate of drug-likeness (QED) is 0.208. The molecule has 0 bridgehead atoms. The number of fused-ring (bicyclic) bond motifs is 9. The van der Waals surface area contributed by atoms with Gasteiger partial charge in [0.05, 0.1) is 5.69 Å². The van der Waals surface area contributed by atoms with E-state index in [1.807, 2.05) is 89.5 Å². The Morgan fingerprint density at radius 3 is 1.12 bits per heavy atom. The third kappa shape index (κ3) is 5.23. The van der Waals surface area contributed by atoms with Gasteiger partial charge in [0.15, 0.2) is 17.5 Å². The first-order valence-electron chi connectivity index (χ1n) is 18.2. The van der Waals surface area contributed by atoms with Crippen molar-refractivity contribution in [2.75, 3.05) is 0 Å². The highest BCUT2D eigenvalue weighted by Gasteiger charge is 2.26. The Balaban J connectivity index is 1.47. The lowest BCUT2D eigenvalue weighted by Crippen LogP contribution is -2.49. The van der Waals surface area contributed by atoms with Gasteiger partial charge in [-0.05, 0) is 55.2 Å². The molecule has 10 rings (SSSR count). The molecular weight excluding hydrogens is 683 g/mol. The summed E-state index contributed by atoms with van der Waals surface area (Å²) in [4.78, 5) is 15.3. The second-order valence-corrected chi connectivity index (χ2v) is 14.1. The van der Waals surface area contributed by atoms with Crippen LogP contribution in [0.5, 0.6) is 0 Å². The summed E-state index contributed by atoms with van der Waals surface area (Å²) in [6.45, 7) is 0. The van der Waals surface area contributed by atoms with E-state index in [1.165, 1.54) is 0 Å². The highest BCUT2D eigenvalue weighted by atomic mass is 15.1. The third-order valence-corrected chi connectivity index (χ3v) is 11.0. The van der Waals surface area contributed by atoms with E-state index in [4.69, 9.17) is 77.7 Å². The molecule has 4 nitrogen and oxygen atoms in total. The van der Waals surface area contributed by atoms with E-state index in [-0.39, 0.29) is 43.7 Å². The zero-order valence-electron chi connectivity index (χ0n) is 30.5. The van der Waals surface area contributed by atoms with Gasteiger partial charge in [-0.15, -0.1) is 21.9 Å². The van der Waals surface area contributed by atoms with E-state index in [1.54, 1.807) is 0 Å². The van der Waals surface area contributed by atoms with Crippen molar-refractivity contribution >= 4 is 161 Å². The molecule has 0 aliphatic rings. The van der Waals surface area contributed by atoms with Crippen molar-refractivity contribution in [2.45, 2.75) is 0 Å². The SMILES string of the molecule is [B]c1c([B])c([B])c2c(c1[B])c1c([B])c([B])c([B])c([B])c1n2-c1cc2c3ccccc3c3ccccc3c2cc1-c1nc(-c2ccccc2)nc(-c2ccccc2)n1. The second kappa shape index (κ2) is 13.2. The summed E-state index contributed by atoms with van der Waals surface area (Å²) in [6.07, 6.45) is 0. The number of aromatic nitrogens is 4. The summed E-state index contributed by atoms with van der Waals surface area (Å²) < 4.78 is 1.89. The largest absolute Gasteiger partial charge is 0.310 e. The van der Waals surface area contributed by atoms with Crippen LogP contribution in [-0.4, -0.2) is 82.3 Å². The molecular formula is C45H20B8N4. The summed E-state index contributed by atoms with van der Waals surface area (Å²) in [7, 11) is 53.8. The lowest BCUT2D eigenvalue weighted by atomic mass is 9.63. The minimum absolute atomic E-state index is 0.110. The van der Waals surface area contributed by atoms with Crippen LogP contribution in [0.1, 0.15) is 0 Å². The third-order valence-electron chi connectivity index (χ3n) is 11.0. The molecule has 16 radical (unpaired) electrons. The van der Waals surface area contributed by atoms with Crippen LogP contribution in [0, 0.1) is 0 Å². The zero-order chi connectivity index (χ0) is 39.3. The van der Waals surface area contributed by atoms with Gasteiger partial charge >= 0.3 is 0 Å². The van der Waals surface area contributed by atoms with Crippen LogP contribution in [0.4, 0.5) is 0 Å². The van der Waals surface area contributed by atoms with Gasteiger partial charge in [-0.25, -0.2) is 15.0 Å². The summed E-state index contributed by atoms with van der Waals surface area (Å²) >= 11 is 0. The highest BCUT2D eigenvalue weighted by molar-refractivity contribution is 6.71. The van der Waals surface area contributed by atoms with Gasteiger partial charge in [0.2, 0.25) is 0 Å². The zero-order valence-corrected chi connectivity index (χ0v) is 30.5. The maximum Gasteiger partial charge on any atom is 0.166 e. The van der Waals surface area contributed by atoms with Gasteiger partial charge in [-0.1, -0.05) is 131 Å². The molecule has 12 heteroatoms. The van der Waals surface area contributed by atoms with Crippen molar-refractivity contribution in [3.63, 3.8) is 0 Å². The average Bonchev–Trinajstić information content (AvgIpc) is 3.63. The van der Waals surface area contributed by atoms with Gasteiger partial charge in [0, 0.05) is 27.7 Å². The number of nitrogens with zero attached hydrogens (tertiary/aromatic N) is 4. The Kier molecular flexibility index (Phi) is 8.19. The molecule has 8 aromatic carbocycles. The van der Waals surface area contributed by atoms with Crippen molar-refractivity contribution in [3.05, 3.63) is 121 Å². The van der Waals surface area contributed by atoms with Gasteiger partial charge in [0.1, 0.15) is 62.8 Å². The van der Waals surface area contributed by atoms with Crippen molar-refractivity contribution < 1.29 is 0 Å². The Labute approximate surface area is 339 Å². The fourth-order valence-corrected chi connectivity index (χ4v) is 8.19. The van der Waals surface area contributed by atoms with Crippen LogP contribution in [0.25, 0.3) is 94.0 Å². The van der Waals surface area contributed by atoms with Crippen molar-refractivity contribution in [1.29, 1.82) is 0 Å². The van der Waals surface area contributed by atoms with Crippen molar-refractivity contribution in [1.82, 2.24) is 19.5 Å². The predicted molar refractivity (Wildman–Crippen MR) is 246 cm³/mol. The van der Waals surface area contributed by atoms with E-state index >= 15 is 0 Å². The lowest BCUT2D eigenvalue weighted by molar-refractivity contribution is 1.07. The molecule has 10 aromatic rings. The molecule has 0 atom stereocenters. The van der Waals surface area contributed by atoms with Crippen LogP contribution in [0.15, 0.2) is 121 Å². The van der Waals surface area contributed by atoms with Crippen LogP contribution in [-0.2, 0) is 0 Å². The van der Waals surface area contributed by atoms with Gasteiger partial charge in [-0.2, -0.15) is 0 Å². The van der Waals surface area contributed by atoms with Gasteiger partial charge < -0.3 is 4.57 Å². The molecule has 0 saturated heterocycles. The van der Waals surface area contributed by atoms with Crippen LogP contribution in [0.3, 0.4) is 0 Å².